The van der Waals surface area contributed by atoms with Crippen molar-refractivity contribution in [3.05, 3.63) is 129 Å². The maximum Gasteiger partial charge on any atom is 0.379 e. The van der Waals surface area contributed by atoms with Crippen LogP contribution in [0.1, 0.15) is 38.7 Å². The molecule has 0 spiro atoms. The number of para-hydroxylation sites is 1. The molecule has 1 aliphatic rings. The Balaban J connectivity index is 1.28. The molecule has 2 heterocycles. The van der Waals surface area contributed by atoms with E-state index in [1.165, 1.54) is 0 Å². The van der Waals surface area contributed by atoms with Crippen LogP contribution in [0.4, 0.5) is 0 Å². The lowest BCUT2D eigenvalue weighted by molar-refractivity contribution is 0.0702. The molecule has 214 valence electrons. The molecule has 8 nitrogen and oxygen atoms in total. The molecular weight excluding hydrogens is 568 g/mol. The molecule has 9 heteroatoms. The van der Waals surface area contributed by atoms with Crippen LogP contribution in [-0.2, 0) is 6.61 Å². The van der Waals surface area contributed by atoms with E-state index in [2.05, 4.69) is 6.07 Å². The summed E-state index contributed by atoms with van der Waals surface area (Å²) in [7, 11) is 1.55. The number of rotatable bonds is 7. The van der Waals surface area contributed by atoms with Crippen molar-refractivity contribution in [2.75, 3.05) is 7.11 Å². The molecule has 0 saturated carbocycles. The molecule has 0 saturated heterocycles. The summed E-state index contributed by atoms with van der Waals surface area (Å²) in [6.45, 7) is 2.12. The minimum Gasteiger partial charge on any atom is -0.493 e. The van der Waals surface area contributed by atoms with Crippen molar-refractivity contribution in [1.29, 1.82) is 5.26 Å². The van der Waals surface area contributed by atoms with Gasteiger partial charge in [-0.05, 0) is 54.4 Å². The van der Waals surface area contributed by atoms with E-state index in [1.54, 1.807) is 62.6 Å². The van der Waals surface area contributed by atoms with Crippen LogP contribution in [-0.4, -0.2) is 13.1 Å². The fourth-order valence-corrected chi connectivity index (χ4v) is 5.22. The summed E-state index contributed by atoms with van der Waals surface area (Å²) >= 11 is 5.98. The number of hydrogen-bond donors (Lipinski definition) is 1. The number of methoxy groups -OCH3 is 1. The molecule has 1 aromatic heterocycles. The molecule has 0 aliphatic carbocycles. The molecule has 0 amide bonds. The third kappa shape index (κ3) is 5.34. The van der Waals surface area contributed by atoms with E-state index in [4.69, 9.17) is 40.7 Å². The quantitative estimate of drug-likeness (QED) is 0.153. The van der Waals surface area contributed by atoms with Gasteiger partial charge >= 0.3 is 5.97 Å². The highest BCUT2D eigenvalue weighted by Gasteiger charge is 2.32. The van der Waals surface area contributed by atoms with Crippen molar-refractivity contribution in [3.8, 4) is 29.1 Å². The fraction of sp³-hybridized carbons (Fsp3) is 0.118. The minimum absolute atomic E-state index is 0.0429. The predicted molar refractivity (Wildman–Crippen MR) is 160 cm³/mol. The number of ether oxygens (including phenoxy) is 4. The average Bonchev–Trinajstić information content (AvgIpc) is 3.36. The summed E-state index contributed by atoms with van der Waals surface area (Å²) in [5.41, 5.74) is 10.1. The number of esters is 1. The maximum atomic E-state index is 13.0. The van der Waals surface area contributed by atoms with Crippen LogP contribution in [0, 0.1) is 18.3 Å². The van der Waals surface area contributed by atoms with Crippen LogP contribution in [0.5, 0.6) is 23.0 Å². The first-order valence-electron chi connectivity index (χ1n) is 13.3. The number of furan rings is 1. The fourth-order valence-electron chi connectivity index (χ4n) is 5.09. The second-order valence-electron chi connectivity index (χ2n) is 9.89. The number of nitrogens with zero attached hydrogens (tertiary/aromatic N) is 1. The van der Waals surface area contributed by atoms with Gasteiger partial charge in [-0.2, -0.15) is 5.26 Å². The topological polar surface area (TPSA) is 117 Å². The number of fused-ring (bicyclic) bond motifs is 2. The third-order valence-electron chi connectivity index (χ3n) is 7.26. The number of nitriles is 1. The number of hydrogen-bond acceptors (Lipinski definition) is 8. The highest BCUT2D eigenvalue weighted by molar-refractivity contribution is 6.30. The van der Waals surface area contributed by atoms with Gasteiger partial charge in [0.2, 0.25) is 11.6 Å². The number of carbonyl (C=O) groups is 1. The van der Waals surface area contributed by atoms with Crippen LogP contribution in [0.3, 0.4) is 0 Å². The summed E-state index contributed by atoms with van der Waals surface area (Å²) in [6.07, 6.45) is 0. The molecule has 2 N–H and O–H groups in total. The first kappa shape index (κ1) is 27.8. The Hall–Kier alpha value is -5.39. The standard InChI is InChI=1S/C34H25ClN2O6/c1-19-24-5-3-4-6-27(24)42-32(19)34(38)41-23-12-13-25-29(16-23)43-33(37)26(17-36)31(25)21-9-14-28(30(15-21)39-2)40-18-20-7-10-22(35)11-8-20/h3-16,31H,18,37H2,1-2H3. The first-order valence-corrected chi connectivity index (χ1v) is 13.7. The first-order chi connectivity index (χ1) is 20.9. The highest BCUT2D eigenvalue weighted by atomic mass is 35.5. The van der Waals surface area contributed by atoms with Gasteiger partial charge in [-0.1, -0.05) is 54.1 Å². The summed E-state index contributed by atoms with van der Waals surface area (Å²) < 4.78 is 28.9. The molecule has 1 unspecified atom stereocenters. The second kappa shape index (κ2) is 11.5. The lowest BCUT2D eigenvalue weighted by Gasteiger charge is -2.27. The van der Waals surface area contributed by atoms with Crippen molar-refractivity contribution >= 4 is 28.5 Å². The summed E-state index contributed by atoms with van der Waals surface area (Å²) in [4.78, 5) is 13.0. The second-order valence-corrected chi connectivity index (χ2v) is 10.3. The van der Waals surface area contributed by atoms with Crippen molar-refractivity contribution in [2.24, 2.45) is 5.73 Å². The number of nitrogens with two attached hydrogens (primary N) is 1. The molecule has 6 rings (SSSR count). The number of benzene rings is 4. The number of halogens is 1. The van der Waals surface area contributed by atoms with E-state index in [-0.39, 0.29) is 23.0 Å². The van der Waals surface area contributed by atoms with Gasteiger partial charge in [0.15, 0.2) is 11.5 Å². The third-order valence-corrected chi connectivity index (χ3v) is 7.51. The largest absolute Gasteiger partial charge is 0.493 e. The smallest absolute Gasteiger partial charge is 0.379 e. The van der Waals surface area contributed by atoms with Crippen LogP contribution < -0.4 is 24.7 Å². The van der Waals surface area contributed by atoms with E-state index in [1.807, 2.05) is 36.4 Å². The zero-order chi connectivity index (χ0) is 30.1. The lowest BCUT2D eigenvalue weighted by Crippen LogP contribution is -2.21. The van der Waals surface area contributed by atoms with Crippen molar-refractivity contribution < 1.29 is 28.2 Å². The Kier molecular flexibility index (Phi) is 7.41. The van der Waals surface area contributed by atoms with Crippen molar-refractivity contribution in [1.82, 2.24) is 0 Å². The van der Waals surface area contributed by atoms with Gasteiger partial charge in [0.05, 0.1) is 13.0 Å². The Morgan fingerprint density at radius 2 is 1.81 bits per heavy atom. The van der Waals surface area contributed by atoms with Crippen LogP contribution in [0.2, 0.25) is 5.02 Å². The van der Waals surface area contributed by atoms with Gasteiger partial charge in [-0.25, -0.2) is 4.79 Å². The number of aryl methyl sites for hydroxylation is 1. The van der Waals surface area contributed by atoms with Gasteiger partial charge in [0.1, 0.15) is 35.3 Å². The summed E-state index contributed by atoms with van der Waals surface area (Å²) in [5, 5.41) is 11.5. The zero-order valence-electron chi connectivity index (χ0n) is 23.2. The van der Waals surface area contributed by atoms with Crippen LogP contribution >= 0.6 is 11.6 Å². The van der Waals surface area contributed by atoms with Gasteiger partial charge < -0.3 is 29.1 Å². The summed E-state index contributed by atoms with van der Waals surface area (Å²) in [5.74, 6) is 0.493. The average molecular weight is 593 g/mol. The minimum atomic E-state index is -0.638. The van der Waals surface area contributed by atoms with E-state index in [0.29, 0.717) is 45.6 Å². The molecular formula is C34H25ClN2O6. The Bertz CT molecular complexity index is 1940. The van der Waals surface area contributed by atoms with Gasteiger partial charge in [-0.3, -0.25) is 0 Å². The van der Waals surface area contributed by atoms with Crippen molar-refractivity contribution in [3.63, 3.8) is 0 Å². The molecule has 0 radical (unpaired) electrons. The van der Waals surface area contributed by atoms with Gasteiger partial charge in [0, 0.05) is 27.6 Å². The Morgan fingerprint density at radius 3 is 2.56 bits per heavy atom. The van der Waals surface area contributed by atoms with Crippen LogP contribution in [0.25, 0.3) is 11.0 Å². The maximum absolute atomic E-state index is 13.0. The van der Waals surface area contributed by atoms with Gasteiger partial charge in [0.25, 0.3) is 0 Å². The predicted octanol–water partition coefficient (Wildman–Crippen LogP) is 7.42. The molecule has 4 aromatic carbocycles. The Labute approximate surface area is 252 Å². The summed E-state index contributed by atoms with van der Waals surface area (Å²) in [6, 6.07) is 27.3. The zero-order valence-corrected chi connectivity index (χ0v) is 24.0. The van der Waals surface area contributed by atoms with Gasteiger partial charge in [-0.15, -0.1) is 0 Å². The molecule has 0 bridgehead atoms. The normalized spacial score (nSPS) is 14.0. The number of allylic oxidation sites excluding steroid dienone is 1. The molecule has 1 aliphatic heterocycles. The van der Waals surface area contributed by atoms with E-state index < -0.39 is 11.9 Å². The lowest BCUT2D eigenvalue weighted by atomic mass is 9.83. The SMILES string of the molecule is COc1cc(C2C(C#N)=C(N)Oc3cc(OC(=O)c4oc5ccccc5c4C)ccc32)ccc1OCc1ccc(Cl)cc1. The monoisotopic (exact) mass is 592 g/mol. The molecule has 0 fully saturated rings. The number of carbonyl (C=O) groups excluding carboxylic acids is 1. The van der Waals surface area contributed by atoms with Crippen molar-refractivity contribution in [2.45, 2.75) is 19.4 Å². The molecule has 43 heavy (non-hydrogen) atoms. The van der Waals surface area contributed by atoms with E-state index >= 15 is 0 Å². The van der Waals surface area contributed by atoms with Crippen LogP contribution in [0.15, 0.2) is 101 Å². The molecule has 5 aromatic rings. The molecule has 1 atom stereocenters. The highest BCUT2D eigenvalue weighted by Crippen LogP contribution is 2.45. The Morgan fingerprint density at radius 1 is 1.02 bits per heavy atom. The van der Waals surface area contributed by atoms with E-state index in [0.717, 1.165) is 16.5 Å². The van der Waals surface area contributed by atoms with E-state index in [9.17, 15) is 10.1 Å².